The summed E-state index contributed by atoms with van der Waals surface area (Å²) in [6, 6.07) is 3.22. The van der Waals surface area contributed by atoms with Crippen LogP contribution in [0.2, 0.25) is 0 Å². The SMILES string of the molecule is CCOP1(=O)OC[C@H]2O[C@@H](n3ccc(=O)[nH]c3=O)[C@](C)(C#N)[C@@H]2O1. The molecule has 2 saturated heterocycles. The minimum atomic E-state index is -3.79. The van der Waals surface area contributed by atoms with Crippen molar-refractivity contribution in [2.45, 2.75) is 32.3 Å². The number of nitrogens with one attached hydrogen (secondary N) is 1. The van der Waals surface area contributed by atoms with Crippen LogP contribution in [0.15, 0.2) is 21.9 Å². The van der Waals surface area contributed by atoms with Gasteiger partial charge in [-0.25, -0.2) is 9.36 Å². The molecule has 11 heteroatoms. The summed E-state index contributed by atoms with van der Waals surface area (Å²) in [7, 11) is -3.79. The molecule has 0 spiro atoms. The maximum absolute atomic E-state index is 12.4. The highest BCUT2D eigenvalue weighted by Gasteiger charge is 2.61. The first kappa shape index (κ1) is 17.1. The first-order valence-electron chi connectivity index (χ1n) is 7.28. The predicted octanol–water partition coefficient (Wildman–Crippen LogP) is 0.524. The number of ether oxygens (including phenoxy) is 1. The van der Waals surface area contributed by atoms with E-state index in [0.717, 1.165) is 10.6 Å². The number of hydrogen-bond acceptors (Lipinski definition) is 8. The molecule has 0 saturated carbocycles. The van der Waals surface area contributed by atoms with E-state index in [1.807, 2.05) is 0 Å². The van der Waals surface area contributed by atoms with E-state index in [4.69, 9.17) is 18.3 Å². The summed E-state index contributed by atoms with van der Waals surface area (Å²) < 4.78 is 34.8. The van der Waals surface area contributed by atoms with Crippen LogP contribution in [0.3, 0.4) is 0 Å². The molecule has 1 aromatic heterocycles. The first-order chi connectivity index (χ1) is 11.3. The molecule has 2 fully saturated rings. The molecule has 10 nitrogen and oxygen atoms in total. The number of hydrogen-bond donors (Lipinski definition) is 1. The summed E-state index contributed by atoms with van der Waals surface area (Å²) >= 11 is 0. The molecule has 2 aliphatic rings. The third kappa shape index (κ3) is 2.64. The lowest BCUT2D eigenvalue weighted by Gasteiger charge is -2.34. The number of nitrogens with zero attached hydrogens (tertiary/aromatic N) is 2. The summed E-state index contributed by atoms with van der Waals surface area (Å²) in [5.74, 6) is 0. The Labute approximate surface area is 136 Å². The molecule has 0 radical (unpaired) electrons. The average molecular weight is 357 g/mol. The van der Waals surface area contributed by atoms with Crippen molar-refractivity contribution in [3.05, 3.63) is 33.1 Å². The highest BCUT2D eigenvalue weighted by atomic mass is 31.2. The van der Waals surface area contributed by atoms with Crippen LogP contribution in [0.5, 0.6) is 0 Å². The van der Waals surface area contributed by atoms with Crippen LogP contribution in [0.4, 0.5) is 0 Å². The summed E-state index contributed by atoms with van der Waals surface area (Å²) in [5.41, 5.74) is -2.63. The second kappa shape index (κ2) is 5.95. The molecular formula is C13H16N3O7P. The van der Waals surface area contributed by atoms with Gasteiger partial charge in [0.25, 0.3) is 5.56 Å². The van der Waals surface area contributed by atoms with Crippen LogP contribution in [0.25, 0.3) is 0 Å². The van der Waals surface area contributed by atoms with E-state index in [9.17, 15) is 19.4 Å². The van der Waals surface area contributed by atoms with Gasteiger partial charge in [-0.05, 0) is 13.8 Å². The lowest BCUT2D eigenvalue weighted by Crippen LogP contribution is -2.43. The smallest absolute Gasteiger partial charge is 0.348 e. The maximum atomic E-state index is 12.4. The van der Waals surface area contributed by atoms with Crippen molar-refractivity contribution < 1.29 is 22.9 Å². The van der Waals surface area contributed by atoms with Crippen molar-refractivity contribution in [2.75, 3.05) is 13.2 Å². The monoisotopic (exact) mass is 357 g/mol. The van der Waals surface area contributed by atoms with Crippen molar-refractivity contribution in [3.63, 3.8) is 0 Å². The van der Waals surface area contributed by atoms with Gasteiger partial charge in [0.05, 0.1) is 19.3 Å². The number of aromatic nitrogens is 2. The van der Waals surface area contributed by atoms with Crippen molar-refractivity contribution in [1.82, 2.24) is 9.55 Å². The molecule has 3 rings (SSSR count). The second-order valence-electron chi connectivity index (χ2n) is 5.63. The Bertz CT molecular complexity index is 843. The van der Waals surface area contributed by atoms with Crippen LogP contribution in [0, 0.1) is 16.7 Å². The van der Waals surface area contributed by atoms with Gasteiger partial charge in [-0.15, -0.1) is 0 Å². The fraction of sp³-hybridized carbons (Fsp3) is 0.615. The van der Waals surface area contributed by atoms with Gasteiger partial charge in [-0.2, -0.15) is 5.26 Å². The molecule has 3 heterocycles. The molecule has 1 aromatic rings. The van der Waals surface area contributed by atoms with E-state index >= 15 is 0 Å². The van der Waals surface area contributed by atoms with Gasteiger partial charge >= 0.3 is 13.5 Å². The fourth-order valence-corrected chi connectivity index (χ4v) is 4.33. The molecule has 0 amide bonds. The Balaban J connectivity index is 2.00. The van der Waals surface area contributed by atoms with E-state index < -0.39 is 42.9 Å². The van der Waals surface area contributed by atoms with Crippen LogP contribution < -0.4 is 11.2 Å². The number of phosphoric acid groups is 1. The van der Waals surface area contributed by atoms with E-state index in [1.165, 1.54) is 13.1 Å². The largest absolute Gasteiger partial charge is 0.475 e. The molecular weight excluding hydrogens is 341 g/mol. The van der Waals surface area contributed by atoms with Gasteiger partial charge in [0, 0.05) is 12.3 Å². The Kier molecular flexibility index (Phi) is 4.23. The van der Waals surface area contributed by atoms with Gasteiger partial charge in [0.1, 0.15) is 17.6 Å². The average Bonchev–Trinajstić information content (AvgIpc) is 2.81. The zero-order valence-electron chi connectivity index (χ0n) is 13.0. The molecule has 1 N–H and O–H groups in total. The zero-order valence-corrected chi connectivity index (χ0v) is 13.9. The van der Waals surface area contributed by atoms with Crippen molar-refractivity contribution in [1.29, 1.82) is 5.26 Å². The lowest BCUT2D eigenvalue weighted by atomic mass is 9.84. The number of aromatic amines is 1. The molecule has 1 unspecified atom stereocenters. The number of rotatable bonds is 3. The van der Waals surface area contributed by atoms with E-state index in [0.29, 0.717) is 0 Å². The minimum Gasteiger partial charge on any atom is -0.348 e. The van der Waals surface area contributed by atoms with E-state index in [2.05, 4.69) is 11.1 Å². The van der Waals surface area contributed by atoms with Crippen LogP contribution >= 0.6 is 7.82 Å². The number of nitriles is 1. The van der Waals surface area contributed by atoms with Crippen molar-refractivity contribution in [3.8, 4) is 6.07 Å². The third-order valence-corrected chi connectivity index (χ3v) is 5.54. The number of H-pyrrole nitrogens is 1. The summed E-state index contributed by atoms with van der Waals surface area (Å²) in [5, 5.41) is 9.67. The standard InChI is InChI=1S/C13H16N3O7P/c1-3-20-24(19)21-6-8-10(23-24)13(2,7-14)11(22-8)16-5-4-9(17)15-12(16)18/h4-5,8,10-11H,3,6H2,1-2H3,(H,15,17,18)/t8-,10-,11-,13-,24?/m1/s1. The van der Waals surface area contributed by atoms with Crippen molar-refractivity contribution in [2.24, 2.45) is 5.41 Å². The Morgan fingerprint density at radius 2 is 2.33 bits per heavy atom. The first-order valence-corrected chi connectivity index (χ1v) is 8.75. The van der Waals surface area contributed by atoms with Gasteiger partial charge in [-0.3, -0.25) is 27.9 Å². The highest BCUT2D eigenvalue weighted by molar-refractivity contribution is 7.48. The Morgan fingerprint density at radius 3 is 2.96 bits per heavy atom. The predicted molar refractivity (Wildman–Crippen MR) is 79.0 cm³/mol. The molecule has 0 aromatic carbocycles. The fourth-order valence-electron chi connectivity index (χ4n) is 2.85. The molecule has 0 bridgehead atoms. The molecule has 130 valence electrons. The molecule has 24 heavy (non-hydrogen) atoms. The Morgan fingerprint density at radius 1 is 1.58 bits per heavy atom. The number of phosphoric ester groups is 1. The van der Waals surface area contributed by atoms with Gasteiger partial charge in [0.15, 0.2) is 6.23 Å². The van der Waals surface area contributed by atoms with Crippen LogP contribution in [0.1, 0.15) is 20.1 Å². The topological polar surface area (TPSA) is 133 Å². The minimum absolute atomic E-state index is 0.103. The normalized spacial score (nSPS) is 38.5. The van der Waals surface area contributed by atoms with Gasteiger partial charge in [0.2, 0.25) is 0 Å². The second-order valence-corrected chi connectivity index (χ2v) is 7.25. The Hall–Kier alpha value is -1.76. The molecule has 2 aliphatic heterocycles. The van der Waals surface area contributed by atoms with Crippen molar-refractivity contribution >= 4 is 7.82 Å². The van der Waals surface area contributed by atoms with E-state index in [-0.39, 0.29) is 13.2 Å². The lowest BCUT2D eigenvalue weighted by molar-refractivity contribution is -0.0719. The quantitative estimate of drug-likeness (QED) is 0.774. The van der Waals surface area contributed by atoms with E-state index in [1.54, 1.807) is 6.92 Å². The maximum Gasteiger partial charge on any atom is 0.475 e. The van der Waals surface area contributed by atoms with Crippen LogP contribution in [-0.2, 0) is 22.9 Å². The highest BCUT2D eigenvalue weighted by Crippen LogP contribution is 2.60. The van der Waals surface area contributed by atoms with Gasteiger partial charge < -0.3 is 4.74 Å². The number of fused-ring (bicyclic) bond motifs is 1. The van der Waals surface area contributed by atoms with Gasteiger partial charge in [-0.1, -0.05) is 0 Å². The third-order valence-electron chi connectivity index (χ3n) is 4.02. The van der Waals surface area contributed by atoms with Crippen LogP contribution in [-0.4, -0.2) is 35.0 Å². The summed E-state index contributed by atoms with van der Waals surface area (Å²) in [4.78, 5) is 25.4. The molecule has 5 atom stereocenters. The molecule has 0 aliphatic carbocycles. The summed E-state index contributed by atoms with van der Waals surface area (Å²) in [6.07, 6.45) is -1.43. The zero-order chi connectivity index (χ0) is 17.5. The summed E-state index contributed by atoms with van der Waals surface area (Å²) in [6.45, 7) is 3.17.